The lowest BCUT2D eigenvalue weighted by Gasteiger charge is -2.12. The van der Waals surface area contributed by atoms with Gasteiger partial charge in [0.2, 0.25) is 0 Å². The minimum absolute atomic E-state index is 0.0325. The van der Waals surface area contributed by atoms with Gasteiger partial charge in [-0.25, -0.2) is 0 Å². The lowest BCUT2D eigenvalue weighted by molar-refractivity contribution is -0.118. The number of pyridine rings is 1. The highest BCUT2D eigenvalue weighted by Gasteiger charge is 2.07. The van der Waals surface area contributed by atoms with Crippen molar-refractivity contribution in [2.75, 3.05) is 11.9 Å². The Balaban J connectivity index is 1.51. The van der Waals surface area contributed by atoms with Crippen molar-refractivity contribution in [2.24, 2.45) is 0 Å². The highest BCUT2D eigenvalue weighted by Crippen LogP contribution is 2.18. The Morgan fingerprint density at radius 2 is 1.70 bits per heavy atom. The average molecular weight is 361 g/mol. The van der Waals surface area contributed by atoms with Crippen LogP contribution in [0, 0.1) is 6.92 Å². The molecule has 0 atom stereocenters. The number of ether oxygens (including phenoxy) is 1. The number of hydrogen-bond donors (Lipinski definition) is 2. The van der Waals surface area contributed by atoms with Gasteiger partial charge in [0.25, 0.3) is 5.91 Å². The number of aromatic nitrogens is 1. The third-order valence-corrected chi connectivity index (χ3v) is 4.06. The molecule has 27 heavy (non-hydrogen) atoms. The number of nitrogens with one attached hydrogen (secondary N) is 2. The maximum Gasteiger partial charge on any atom is 0.262 e. The molecule has 0 saturated heterocycles. The van der Waals surface area contributed by atoms with E-state index in [-0.39, 0.29) is 12.5 Å². The van der Waals surface area contributed by atoms with E-state index in [1.165, 1.54) is 5.56 Å². The second-order valence-corrected chi connectivity index (χ2v) is 6.27. The zero-order valence-electron chi connectivity index (χ0n) is 15.3. The normalized spacial score (nSPS) is 10.4. The van der Waals surface area contributed by atoms with E-state index < -0.39 is 0 Å². The first kappa shape index (κ1) is 18.6. The number of carbonyl (C=O) groups excluding carboxylic acids is 1. The Kier molecular flexibility index (Phi) is 6.55. The molecule has 138 valence electrons. The second-order valence-electron chi connectivity index (χ2n) is 6.27. The molecule has 0 saturated carbocycles. The second kappa shape index (κ2) is 9.50. The van der Waals surface area contributed by atoms with Crippen LogP contribution in [0.1, 0.15) is 16.7 Å². The van der Waals surface area contributed by atoms with E-state index in [0.29, 0.717) is 12.3 Å². The van der Waals surface area contributed by atoms with Gasteiger partial charge in [-0.05, 0) is 42.8 Å². The van der Waals surface area contributed by atoms with E-state index in [4.69, 9.17) is 4.74 Å². The van der Waals surface area contributed by atoms with Crippen molar-refractivity contribution in [1.29, 1.82) is 0 Å². The van der Waals surface area contributed by atoms with Gasteiger partial charge < -0.3 is 15.4 Å². The van der Waals surface area contributed by atoms with E-state index in [2.05, 4.69) is 15.6 Å². The molecule has 0 unspecified atom stereocenters. The number of nitrogens with zero attached hydrogens (tertiary/aromatic N) is 1. The molecule has 0 fully saturated rings. The Labute approximate surface area is 159 Å². The number of carbonyl (C=O) groups is 1. The van der Waals surface area contributed by atoms with E-state index in [9.17, 15) is 4.79 Å². The molecule has 0 aliphatic rings. The topological polar surface area (TPSA) is 63.2 Å². The molecule has 0 spiro atoms. The molecule has 5 nitrogen and oxygen atoms in total. The van der Waals surface area contributed by atoms with Crippen LogP contribution in [0.5, 0.6) is 5.75 Å². The third kappa shape index (κ3) is 5.94. The Bertz CT molecular complexity index is 864. The van der Waals surface area contributed by atoms with Crippen LogP contribution in [-0.2, 0) is 17.9 Å². The smallest absolute Gasteiger partial charge is 0.262 e. The summed E-state index contributed by atoms with van der Waals surface area (Å²) in [6, 6.07) is 19.4. The quantitative estimate of drug-likeness (QED) is 0.642. The van der Waals surface area contributed by atoms with Gasteiger partial charge in [0.05, 0.1) is 0 Å². The molecule has 3 aromatic rings. The molecule has 2 N–H and O–H groups in total. The van der Waals surface area contributed by atoms with Crippen molar-refractivity contribution in [3.63, 3.8) is 0 Å². The SMILES string of the molecule is Cc1ccc(NC(=O)COc2ccccc2CNCc2ccncc2)cc1. The lowest BCUT2D eigenvalue weighted by atomic mass is 10.2. The van der Waals surface area contributed by atoms with Crippen molar-refractivity contribution in [1.82, 2.24) is 10.3 Å². The monoisotopic (exact) mass is 361 g/mol. The number of rotatable bonds is 8. The van der Waals surface area contributed by atoms with Crippen molar-refractivity contribution in [2.45, 2.75) is 20.0 Å². The summed E-state index contributed by atoms with van der Waals surface area (Å²) in [4.78, 5) is 16.1. The zero-order valence-corrected chi connectivity index (χ0v) is 15.3. The van der Waals surface area contributed by atoms with Crippen molar-refractivity contribution >= 4 is 11.6 Å². The molecule has 2 aromatic carbocycles. The summed E-state index contributed by atoms with van der Waals surface area (Å²) in [5.74, 6) is 0.525. The predicted octanol–water partition coefficient (Wildman–Crippen LogP) is 3.70. The van der Waals surface area contributed by atoms with Gasteiger partial charge in [0, 0.05) is 36.7 Å². The highest BCUT2D eigenvalue weighted by atomic mass is 16.5. The molecule has 0 aliphatic heterocycles. The number of benzene rings is 2. The van der Waals surface area contributed by atoms with Crippen LogP contribution in [0.15, 0.2) is 73.1 Å². The maximum atomic E-state index is 12.1. The minimum atomic E-state index is -0.182. The molecule has 0 radical (unpaired) electrons. The van der Waals surface area contributed by atoms with Gasteiger partial charge in [-0.3, -0.25) is 9.78 Å². The summed E-state index contributed by atoms with van der Waals surface area (Å²) in [6.07, 6.45) is 3.56. The zero-order chi connectivity index (χ0) is 18.9. The summed E-state index contributed by atoms with van der Waals surface area (Å²) in [5.41, 5.74) is 4.09. The highest BCUT2D eigenvalue weighted by molar-refractivity contribution is 5.91. The van der Waals surface area contributed by atoms with Crippen molar-refractivity contribution in [3.8, 4) is 5.75 Å². The van der Waals surface area contributed by atoms with Crippen molar-refractivity contribution in [3.05, 3.63) is 89.7 Å². The Morgan fingerprint density at radius 3 is 2.48 bits per heavy atom. The first-order chi connectivity index (χ1) is 13.2. The number of anilines is 1. The summed E-state index contributed by atoms with van der Waals surface area (Å²) in [6.45, 7) is 3.37. The van der Waals surface area contributed by atoms with E-state index >= 15 is 0 Å². The molecular weight excluding hydrogens is 338 g/mol. The molecule has 1 heterocycles. The van der Waals surface area contributed by atoms with E-state index in [1.807, 2.05) is 67.6 Å². The van der Waals surface area contributed by atoms with Gasteiger partial charge in [-0.1, -0.05) is 35.9 Å². The average Bonchev–Trinajstić information content (AvgIpc) is 2.70. The molecule has 3 rings (SSSR count). The molecule has 5 heteroatoms. The van der Waals surface area contributed by atoms with Gasteiger partial charge in [-0.2, -0.15) is 0 Å². The number of amides is 1. The van der Waals surface area contributed by atoms with E-state index in [0.717, 1.165) is 23.4 Å². The van der Waals surface area contributed by atoms with Crippen LogP contribution in [0.25, 0.3) is 0 Å². The van der Waals surface area contributed by atoms with Crippen LogP contribution in [0.3, 0.4) is 0 Å². The Morgan fingerprint density at radius 1 is 0.963 bits per heavy atom. The molecule has 0 bridgehead atoms. The van der Waals surface area contributed by atoms with Crippen LogP contribution in [0.2, 0.25) is 0 Å². The number of para-hydroxylation sites is 1. The fourth-order valence-electron chi connectivity index (χ4n) is 2.61. The molecule has 1 amide bonds. The first-order valence-electron chi connectivity index (χ1n) is 8.87. The lowest BCUT2D eigenvalue weighted by Crippen LogP contribution is -2.21. The first-order valence-corrected chi connectivity index (χ1v) is 8.87. The van der Waals surface area contributed by atoms with Crippen LogP contribution < -0.4 is 15.4 Å². The summed E-state index contributed by atoms with van der Waals surface area (Å²) in [7, 11) is 0. The third-order valence-electron chi connectivity index (χ3n) is 4.06. The van der Waals surface area contributed by atoms with Gasteiger partial charge in [0.1, 0.15) is 5.75 Å². The fourth-order valence-corrected chi connectivity index (χ4v) is 2.61. The van der Waals surface area contributed by atoms with Gasteiger partial charge >= 0.3 is 0 Å². The largest absolute Gasteiger partial charge is 0.483 e. The standard InChI is InChI=1S/C22H23N3O2/c1-17-6-8-20(9-7-17)25-22(26)16-27-21-5-3-2-4-19(21)15-24-14-18-10-12-23-13-11-18/h2-13,24H,14-16H2,1H3,(H,25,26). The molecular formula is C22H23N3O2. The van der Waals surface area contributed by atoms with Crippen LogP contribution in [-0.4, -0.2) is 17.5 Å². The van der Waals surface area contributed by atoms with Gasteiger partial charge in [0.15, 0.2) is 6.61 Å². The number of aryl methyl sites for hydroxylation is 1. The predicted molar refractivity (Wildman–Crippen MR) is 107 cm³/mol. The summed E-state index contributed by atoms with van der Waals surface area (Å²) < 4.78 is 5.74. The van der Waals surface area contributed by atoms with E-state index in [1.54, 1.807) is 12.4 Å². The summed E-state index contributed by atoms with van der Waals surface area (Å²) in [5, 5.41) is 6.22. The molecule has 0 aliphatic carbocycles. The Hall–Kier alpha value is -3.18. The fraction of sp³-hybridized carbons (Fsp3) is 0.182. The minimum Gasteiger partial charge on any atom is -0.483 e. The molecule has 1 aromatic heterocycles. The maximum absolute atomic E-state index is 12.1. The summed E-state index contributed by atoms with van der Waals surface area (Å²) >= 11 is 0. The van der Waals surface area contributed by atoms with Crippen LogP contribution in [0.4, 0.5) is 5.69 Å². The van der Waals surface area contributed by atoms with Crippen molar-refractivity contribution < 1.29 is 9.53 Å². The number of hydrogen-bond acceptors (Lipinski definition) is 4. The van der Waals surface area contributed by atoms with Crippen LogP contribution >= 0.6 is 0 Å². The van der Waals surface area contributed by atoms with Gasteiger partial charge in [-0.15, -0.1) is 0 Å².